The van der Waals surface area contributed by atoms with Crippen molar-refractivity contribution in [2.24, 2.45) is 5.73 Å². The number of nitrogen functional groups attached to an aromatic ring is 1. The molecule has 3 amide bonds. The molecule has 39 heavy (non-hydrogen) atoms. The van der Waals surface area contributed by atoms with E-state index in [1.54, 1.807) is 30.5 Å². The summed E-state index contributed by atoms with van der Waals surface area (Å²) in [4.78, 5) is 44.6. The zero-order chi connectivity index (χ0) is 27.5. The highest BCUT2D eigenvalue weighted by Gasteiger charge is 2.37. The Bertz CT molecular complexity index is 1510. The summed E-state index contributed by atoms with van der Waals surface area (Å²) >= 11 is 0.756. The van der Waals surface area contributed by atoms with Crippen molar-refractivity contribution in [2.75, 3.05) is 30.9 Å². The second kappa shape index (κ2) is 11.1. The molecule has 0 bridgehead atoms. The summed E-state index contributed by atoms with van der Waals surface area (Å²) in [6.07, 6.45) is 3.38. The molecule has 3 heterocycles. The molecule has 6 N–H and O–H groups in total. The SMILES string of the molecule is COc1ccc(N(C(=O)c2snc(C(N)=O)c2N)C(C(=O)NCC2CCCO2)c2c[nH]c3ccccc23)cc1. The molecule has 4 aromatic rings. The molecule has 5 rings (SSSR count). The summed E-state index contributed by atoms with van der Waals surface area (Å²) < 4.78 is 15.0. The van der Waals surface area contributed by atoms with Gasteiger partial charge < -0.3 is 31.2 Å². The minimum Gasteiger partial charge on any atom is -0.497 e. The van der Waals surface area contributed by atoms with Crippen LogP contribution in [0.1, 0.15) is 44.6 Å². The van der Waals surface area contributed by atoms with Crippen LogP contribution in [0.15, 0.2) is 54.7 Å². The van der Waals surface area contributed by atoms with E-state index in [0.29, 0.717) is 30.2 Å². The number of fused-ring (bicyclic) bond motifs is 1. The molecule has 2 aromatic heterocycles. The zero-order valence-corrected chi connectivity index (χ0v) is 22.0. The second-order valence-corrected chi connectivity index (χ2v) is 9.86. The normalized spacial score (nSPS) is 15.7. The number of aromatic nitrogens is 2. The average Bonchev–Trinajstić information content (AvgIpc) is 3.70. The Morgan fingerprint density at radius 1 is 1.23 bits per heavy atom. The van der Waals surface area contributed by atoms with Gasteiger partial charge in [-0.05, 0) is 54.7 Å². The summed E-state index contributed by atoms with van der Waals surface area (Å²) in [5, 5.41) is 3.76. The molecule has 2 unspecified atom stereocenters. The van der Waals surface area contributed by atoms with E-state index in [2.05, 4.69) is 14.7 Å². The van der Waals surface area contributed by atoms with E-state index < -0.39 is 23.8 Å². The molecule has 1 aliphatic heterocycles. The number of nitrogens with one attached hydrogen (secondary N) is 2. The van der Waals surface area contributed by atoms with Gasteiger partial charge in [0.25, 0.3) is 11.8 Å². The number of benzene rings is 2. The van der Waals surface area contributed by atoms with Crippen LogP contribution in [-0.2, 0) is 9.53 Å². The monoisotopic (exact) mass is 548 g/mol. The van der Waals surface area contributed by atoms with Crippen molar-refractivity contribution < 1.29 is 23.9 Å². The number of carbonyl (C=O) groups excluding carboxylic acids is 3. The molecule has 1 saturated heterocycles. The molecule has 2 atom stereocenters. The first-order valence-electron chi connectivity index (χ1n) is 12.4. The van der Waals surface area contributed by atoms with Crippen LogP contribution < -0.4 is 26.4 Å². The molecule has 1 aliphatic rings. The fourth-order valence-corrected chi connectivity index (χ4v) is 5.44. The number of methoxy groups -OCH3 is 1. The number of rotatable bonds is 9. The van der Waals surface area contributed by atoms with E-state index in [1.807, 2.05) is 24.3 Å². The van der Waals surface area contributed by atoms with Crippen molar-refractivity contribution in [1.82, 2.24) is 14.7 Å². The molecule has 2 aromatic carbocycles. The number of ether oxygens (including phenoxy) is 2. The van der Waals surface area contributed by atoms with Gasteiger partial charge in [0.15, 0.2) is 5.69 Å². The number of nitrogens with zero attached hydrogens (tertiary/aromatic N) is 2. The highest BCUT2D eigenvalue weighted by Crippen LogP contribution is 2.36. The maximum absolute atomic E-state index is 14.2. The van der Waals surface area contributed by atoms with Gasteiger partial charge in [0.1, 0.15) is 16.7 Å². The summed E-state index contributed by atoms with van der Waals surface area (Å²) in [6.45, 7) is 0.951. The van der Waals surface area contributed by atoms with E-state index in [1.165, 1.54) is 12.0 Å². The number of hydrogen-bond acceptors (Lipinski definition) is 8. The molecule has 1 fully saturated rings. The summed E-state index contributed by atoms with van der Waals surface area (Å²) in [5.41, 5.74) is 13.0. The highest BCUT2D eigenvalue weighted by atomic mass is 32.1. The van der Waals surface area contributed by atoms with Crippen LogP contribution in [-0.4, -0.2) is 53.4 Å². The number of H-pyrrole nitrogens is 1. The van der Waals surface area contributed by atoms with Crippen LogP contribution >= 0.6 is 11.5 Å². The highest BCUT2D eigenvalue weighted by molar-refractivity contribution is 7.09. The number of primary amides is 1. The third-order valence-corrected chi connectivity index (χ3v) is 7.53. The van der Waals surface area contributed by atoms with Crippen molar-refractivity contribution in [1.29, 1.82) is 0 Å². The number of para-hydroxylation sites is 1. The molecule has 202 valence electrons. The van der Waals surface area contributed by atoms with Gasteiger partial charge >= 0.3 is 0 Å². The lowest BCUT2D eigenvalue weighted by Gasteiger charge is -2.31. The van der Waals surface area contributed by atoms with E-state index >= 15 is 0 Å². The lowest BCUT2D eigenvalue weighted by atomic mass is 10.0. The number of amides is 3. The van der Waals surface area contributed by atoms with Crippen LogP contribution in [0.5, 0.6) is 5.75 Å². The second-order valence-electron chi connectivity index (χ2n) is 9.08. The van der Waals surface area contributed by atoms with Gasteiger partial charge in [0.2, 0.25) is 5.91 Å². The Kier molecular flexibility index (Phi) is 7.48. The van der Waals surface area contributed by atoms with Crippen LogP contribution in [0, 0.1) is 0 Å². The van der Waals surface area contributed by atoms with Crippen molar-refractivity contribution in [3.05, 3.63) is 70.9 Å². The van der Waals surface area contributed by atoms with Crippen LogP contribution in [0.2, 0.25) is 0 Å². The molecule has 11 nitrogen and oxygen atoms in total. The number of hydrogen-bond donors (Lipinski definition) is 4. The third kappa shape index (κ3) is 5.16. The Morgan fingerprint density at radius 3 is 2.67 bits per heavy atom. The molecule has 0 saturated carbocycles. The quantitative estimate of drug-likeness (QED) is 0.249. The van der Waals surface area contributed by atoms with Gasteiger partial charge in [0.05, 0.1) is 18.9 Å². The Labute approximate surface area is 228 Å². The van der Waals surface area contributed by atoms with Crippen molar-refractivity contribution in [3.8, 4) is 5.75 Å². The largest absolute Gasteiger partial charge is 0.497 e. The smallest absolute Gasteiger partial charge is 0.273 e. The van der Waals surface area contributed by atoms with Gasteiger partial charge in [0, 0.05) is 41.5 Å². The van der Waals surface area contributed by atoms with E-state index in [4.69, 9.17) is 20.9 Å². The molecule has 0 radical (unpaired) electrons. The summed E-state index contributed by atoms with van der Waals surface area (Å²) in [7, 11) is 1.54. The van der Waals surface area contributed by atoms with Gasteiger partial charge in [-0.15, -0.1) is 0 Å². The maximum atomic E-state index is 14.2. The van der Waals surface area contributed by atoms with Gasteiger partial charge in [-0.2, -0.15) is 4.37 Å². The molecular weight excluding hydrogens is 520 g/mol. The molecule has 0 spiro atoms. The van der Waals surface area contributed by atoms with Crippen LogP contribution in [0.25, 0.3) is 10.9 Å². The zero-order valence-electron chi connectivity index (χ0n) is 21.2. The van der Waals surface area contributed by atoms with Crippen molar-refractivity contribution in [2.45, 2.75) is 25.0 Å². The first-order valence-corrected chi connectivity index (χ1v) is 13.1. The van der Waals surface area contributed by atoms with Crippen molar-refractivity contribution >= 4 is 51.5 Å². The van der Waals surface area contributed by atoms with Crippen molar-refractivity contribution in [3.63, 3.8) is 0 Å². The minimum atomic E-state index is -1.11. The predicted molar refractivity (Wildman–Crippen MR) is 148 cm³/mol. The average molecular weight is 549 g/mol. The van der Waals surface area contributed by atoms with Gasteiger partial charge in [-0.1, -0.05) is 18.2 Å². The van der Waals surface area contributed by atoms with E-state index in [-0.39, 0.29) is 22.4 Å². The maximum Gasteiger partial charge on any atom is 0.273 e. The Morgan fingerprint density at radius 2 is 2.00 bits per heavy atom. The molecular formula is C27H28N6O5S. The number of anilines is 2. The lowest BCUT2D eigenvalue weighted by molar-refractivity contribution is -0.123. The van der Waals surface area contributed by atoms with E-state index in [9.17, 15) is 14.4 Å². The lowest BCUT2D eigenvalue weighted by Crippen LogP contribution is -2.45. The standard InChI is InChI=1S/C27H28N6O5S/c1-37-16-10-8-15(9-11-16)33(27(36)24-21(28)22(25(29)34)32-39-24)23(26(35)31-13-17-5-4-12-38-17)19-14-30-20-7-3-2-6-18(19)20/h2-3,6-11,14,17,23,30H,4-5,12-13,28H2,1H3,(H2,29,34)(H,31,35). The van der Waals surface area contributed by atoms with Crippen LogP contribution in [0.3, 0.4) is 0 Å². The Balaban J connectivity index is 1.64. The molecule has 0 aliphatic carbocycles. The number of aromatic amines is 1. The van der Waals surface area contributed by atoms with E-state index in [0.717, 1.165) is 35.3 Å². The third-order valence-electron chi connectivity index (χ3n) is 6.68. The topological polar surface area (TPSA) is 166 Å². The molecule has 12 heteroatoms. The Hall–Kier alpha value is -4.42. The van der Waals surface area contributed by atoms with Gasteiger partial charge in [-0.3, -0.25) is 19.3 Å². The predicted octanol–water partition coefficient (Wildman–Crippen LogP) is 3.00. The fraction of sp³-hybridized carbons (Fsp3) is 0.259. The number of carbonyl (C=O) groups is 3. The summed E-state index contributed by atoms with van der Waals surface area (Å²) in [5.74, 6) is -1.28. The van der Waals surface area contributed by atoms with Gasteiger partial charge in [-0.25, -0.2) is 0 Å². The number of nitrogens with two attached hydrogens (primary N) is 2. The van der Waals surface area contributed by atoms with Crippen LogP contribution in [0.4, 0.5) is 11.4 Å². The summed E-state index contributed by atoms with van der Waals surface area (Å²) in [6, 6.07) is 13.1. The minimum absolute atomic E-state index is 0.00335. The first kappa shape index (κ1) is 26.2. The fourth-order valence-electron chi connectivity index (χ4n) is 4.70. The first-order chi connectivity index (χ1) is 18.9.